The van der Waals surface area contributed by atoms with E-state index in [-0.39, 0.29) is 6.10 Å². The van der Waals surface area contributed by atoms with Crippen LogP contribution in [-0.2, 0) is 0 Å². The number of rotatable bonds is 7. The first kappa shape index (κ1) is 15.3. The highest BCUT2D eigenvalue weighted by atomic mass is 16.3. The van der Waals surface area contributed by atoms with E-state index >= 15 is 0 Å². The SMILES string of the molecule is CCN(CC(O)CC1CCCC1)CC1CCCCN1. The first-order valence-corrected chi connectivity index (χ1v) is 8.41. The number of hydrogen-bond acceptors (Lipinski definition) is 3. The smallest absolute Gasteiger partial charge is 0.0669 e. The molecule has 1 heterocycles. The van der Waals surface area contributed by atoms with Gasteiger partial charge in [0.2, 0.25) is 0 Å². The third-order valence-corrected chi connectivity index (χ3v) is 4.89. The Labute approximate surface area is 118 Å². The highest BCUT2D eigenvalue weighted by molar-refractivity contribution is 4.78. The molecule has 0 bridgehead atoms. The van der Waals surface area contributed by atoms with Crippen LogP contribution in [0.3, 0.4) is 0 Å². The van der Waals surface area contributed by atoms with Gasteiger partial charge < -0.3 is 10.4 Å². The lowest BCUT2D eigenvalue weighted by atomic mass is 9.99. The van der Waals surface area contributed by atoms with E-state index in [2.05, 4.69) is 17.1 Å². The number of aliphatic hydroxyl groups is 1. The molecule has 2 aliphatic rings. The van der Waals surface area contributed by atoms with Crippen LogP contribution in [-0.4, -0.2) is 48.3 Å². The second-order valence-electron chi connectivity index (χ2n) is 6.54. The minimum absolute atomic E-state index is 0.119. The molecule has 2 rings (SSSR count). The van der Waals surface area contributed by atoms with Gasteiger partial charge in [-0.25, -0.2) is 0 Å². The van der Waals surface area contributed by atoms with Crippen molar-refractivity contribution in [2.45, 2.75) is 70.4 Å². The maximum atomic E-state index is 10.3. The second-order valence-corrected chi connectivity index (χ2v) is 6.54. The van der Waals surface area contributed by atoms with Gasteiger partial charge in [0, 0.05) is 19.1 Å². The van der Waals surface area contributed by atoms with E-state index in [9.17, 15) is 5.11 Å². The van der Waals surface area contributed by atoms with Crippen molar-refractivity contribution in [3.05, 3.63) is 0 Å². The van der Waals surface area contributed by atoms with Crippen molar-refractivity contribution in [2.75, 3.05) is 26.2 Å². The maximum Gasteiger partial charge on any atom is 0.0669 e. The Kier molecular flexibility index (Phi) is 6.62. The number of nitrogens with zero attached hydrogens (tertiary/aromatic N) is 1. The molecule has 0 aromatic heterocycles. The van der Waals surface area contributed by atoms with Crippen molar-refractivity contribution in [1.29, 1.82) is 0 Å². The minimum atomic E-state index is -0.119. The summed E-state index contributed by atoms with van der Waals surface area (Å²) < 4.78 is 0. The molecule has 2 N–H and O–H groups in total. The van der Waals surface area contributed by atoms with Crippen LogP contribution in [0, 0.1) is 5.92 Å². The average molecular weight is 268 g/mol. The molecule has 1 aliphatic carbocycles. The summed E-state index contributed by atoms with van der Waals surface area (Å²) in [6.07, 6.45) is 10.3. The Hall–Kier alpha value is -0.120. The Bertz CT molecular complexity index is 235. The highest BCUT2D eigenvalue weighted by Gasteiger charge is 2.22. The fourth-order valence-corrected chi connectivity index (χ4v) is 3.73. The summed E-state index contributed by atoms with van der Waals surface area (Å²) in [6, 6.07) is 0.646. The molecule has 1 saturated carbocycles. The largest absolute Gasteiger partial charge is 0.392 e. The van der Waals surface area contributed by atoms with Gasteiger partial charge in [-0.2, -0.15) is 0 Å². The van der Waals surface area contributed by atoms with Crippen LogP contribution < -0.4 is 5.32 Å². The van der Waals surface area contributed by atoms with Gasteiger partial charge in [0.1, 0.15) is 0 Å². The van der Waals surface area contributed by atoms with Crippen LogP contribution in [0.1, 0.15) is 58.3 Å². The standard InChI is InChI=1S/C16H32N2O/c1-2-18(12-15-9-5-6-10-17-15)13-16(19)11-14-7-3-4-8-14/h14-17,19H,2-13H2,1H3. The van der Waals surface area contributed by atoms with Crippen LogP contribution >= 0.6 is 0 Å². The molecule has 2 unspecified atom stereocenters. The molecule has 3 heteroatoms. The van der Waals surface area contributed by atoms with Crippen LogP contribution in [0.25, 0.3) is 0 Å². The van der Waals surface area contributed by atoms with E-state index in [4.69, 9.17) is 0 Å². The monoisotopic (exact) mass is 268 g/mol. The van der Waals surface area contributed by atoms with Gasteiger partial charge in [-0.3, -0.25) is 4.90 Å². The molecule has 0 radical (unpaired) electrons. The first-order valence-electron chi connectivity index (χ1n) is 8.41. The van der Waals surface area contributed by atoms with Gasteiger partial charge in [-0.1, -0.05) is 39.0 Å². The van der Waals surface area contributed by atoms with Crippen molar-refractivity contribution in [3.63, 3.8) is 0 Å². The van der Waals surface area contributed by atoms with Gasteiger partial charge in [0.15, 0.2) is 0 Å². The van der Waals surface area contributed by atoms with Gasteiger partial charge in [0.05, 0.1) is 6.10 Å². The molecule has 3 nitrogen and oxygen atoms in total. The summed E-state index contributed by atoms with van der Waals surface area (Å²) in [5.74, 6) is 0.793. The lowest BCUT2D eigenvalue weighted by molar-refractivity contribution is 0.0869. The zero-order chi connectivity index (χ0) is 13.5. The van der Waals surface area contributed by atoms with E-state index in [1.807, 2.05) is 0 Å². The number of aliphatic hydroxyl groups excluding tert-OH is 1. The van der Waals surface area contributed by atoms with E-state index in [0.29, 0.717) is 6.04 Å². The van der Waals surface area contributed by atoms with Crippen molar-refractivity contribution >= 4 is 0 Å². The number of likely N-dealkylation sites (N-methyl/N-ethyl adjacent to an activating group) is 1. The van der Waals surface area contributed by atoms with Crippen LogP contribution in [0.2, 0.25) is 0 Å². The van der Waals surface area contributed by atoms with Gasteiger partial charge in [0.25, 0.3) is 0 Å². The van der Waals surface area contributed by atoms with Crippen LogP contribution in [0.5, 0.6) is 0 Å². The zero-order valence-corrected chi connectivity index (χ0v) is 12.6. The molecule has 0 aromatic carbocycles. The maximum absolute atomic E-state index is 10.3. The summed E-state index contributed by atoms with van der Waals surface area (Å²) >= 11 is 0. The molecular formula is C16H32N2O. The summed E-state index contributed by atoms with van der Waals surface area (Å²) in [7, 11) is 0. The van der Waals surface area contributed by atoms with Crippen molar-refractivity contribution in [2.24, 2.45) is 5.92 Å². The van der Waals surface area contributed by atoms with Crippen LogP contribution in [0.15, 0.2) is 0 Å². The molecule has 112 valence electrons. The summed E-state index contributed by atoms with van der Waals surface area (Å²) in [6.45, 7) is 6.42. The molecule has 1 aliphatic heterocycles. The molecule has 0 spiro atoms. The Balaban J connectivity index is 1.67. The lowest BCUT2D eigenvalue weighted by Crippen LogP contribution is -2.45. The predicted molar refractivity (Wildman–Crippen MR) is 80.3 cm³/mol. The average Bonchev–Trinajstić information content (AvgIpc) is 2.92. The van der Waals surface area contributed by atoms with Gasteiger partial charge in [-0.15, -0.1) is 0 Å². The third-order valence-electron chi connectivity index (χ3n) is 4.89. The first-order chi connectivity index (χ1) is 9.28. The quantitative estimate of drug-likeness (QED) is 0.744. The molecule has 2 fully saturated rings. The van der Waals surface area contributed by atoms with Crippen molar-refractivity contribution < 1.29 is 5.11 Å². The zero-order valence-electron chi connectivity index (χ0n) is 12.6. The van der Waals surface area contributed by atoms with E-state index in [1.54, 1.807) is 0 Å². The summed E-state index contributed by atoms with van der Waals surface area (Å²) in [5, 5.41) is 13.9. The summed E-state index contributed by atoms with van der Waals surface area (Å²) in [4.78, 5) is 2.43. The van der Waals surface area contributed by atoms with E-state index in [0.717, 1.165) is 32.0 Å². The van der Waals surface area contributed by atoms with Crippen molar-refractivity contribution in [3.8, 4) is 0 Å². The number of hydrogen-bond donors (Lipinski definition) is 2. The molecule has 0 amide bonds. The van der Waals surface area contributed by atoms with E-state index in [1.165, 1.54) is 51.5 Å². The highest BCUT2D eigenvalue weighted by Crippen LogP contribution is 2.28. The molecule has 2 atom stereocenters. The normalized spacial score (nSPS) is 27.0. The summed E-state index contributed by atoms with van der Waals surface area (Å²) in [5.41, 5.74) is 0. The van der Waals surface area contributed by atoms with Gasteiger partial charge in [-0.05, 0) is 38.3 Å². The fourth-order valence-electron chi connectivity index (χ4n) is 3.73. The Morgan fingerprint density at radius 1 is 1.16 bits per heavy atom. The second kappa shape index (κ2) is 8.23. The molecular weight excluding hydrogens is 236 g/mol. The lowest BCUT2D eigenvalue weighted by Gasteiger charge is -2.31. The topological polar surface area (TPSA) is 35.5 Å². The van der Waals surface area contributed by atoms with Gasteiger partial charge >= 0.3 is 0 Å². The van der Waals surface area contributed by atoms with Crippen molar-refractivity contribution in [1.82, 2.24) is 10.2 Å². The fraction of sp³-hybridized carbons (Fsp3) is 1.00. The molecule has 0 aromatic rings. The van der Waals surface area contributed by atoms with Crippen LogP contribution in [0.4, 0.5) is 0 Å². The number of piperidine rings is 1. The minimum Gasteiger partial charge on any atom is -0.392 e. The van der Waals surface area contributed by atoms with E-state index < -0.39 is 0 Å². The predicted octanol–water partition coefficient (Wildman–Crippen LogP) is 2.39. The number of nitrogens with one attached hydrogen (secondary N) is 1. The molecule has 1 saturated heterocycles. The third kappa shape index (κ3) is 5.41. The Morgan fingerprint density at radius 2 is 1.89 bits per heavy atom. The Morgan fingerprint density at radius 3 is 2.53 bits per heavy atom. The molecule has 19 heavy (non-hydrogen) atoms.